The van der Waals surface area contributed by atoms with Gasteiger partial charge in [-0.3, -0.25) is 14.6 Å². The predicted octanol–water partition coefficient (Wildman–Crippen LogP) is 5.19. The van der Waals surface area contributed by atoms with Crippen LogP contribution in [0.3, 0.4) is 0 Å². The minimum Gasteiger partial charge on any atom is -0.493 e. The number of halogens is 1. The second-order valence-electron chi connectivity index (χ2n) is 9.22. The summed E-state index contributed by atoms with van der Waals surface area (Å²) in [5.74, 6) is 1.01. The van der Waals surface area contributed by atoms with Crippen molar-refractivity contribution in [1.29, 1.82) is 0 Å². The molecule has 1 saturated heterocycles. The molecule has 1 amide bonds. The molecule has 2 aromatic carbocycles. The summed E-state index contributed by atoms with van der Waals surface area (Å²) in [4.78, 5) is 16.9. The van der Waals surface area contributed by atoms with Crippen molar-refractivity contribution in [3.63, 3.8) is 0 Å². The van der Waals surface area contributed by atoms with Gasteiger partial charge < -0.3 is 4.74 Å². The molecule has 2 heterocycles. The highest BCUT2D eigenvalue weighted by atomic mass is 19.1. The molecule has 0 unspecified atom stereocenters. The van der Waals surface area contributed by atoms with Crippen LogP contribution in [-0.2, 0) is 11.3 Å². The second kappa shape index (κ2) is 8.83. The zero-order chi connectivity index (χ0) is 22.0. The third-order valence-corrected chi connectivity index (χ3v) is 6.24. The van der Waals surface area contributed by atoms with Crippen molar-refractivity contribution < 1.29 is 13.9 Å². The Morgan fingerprint density at radius 1 is 1.19 bits per heavy atom. The Morgan fingerprint density at radius 2 is 2.00 bits per heavy atom. The molecule has 4 rings (SSSR count). The van der Waals surface area contributed by atoms with E-state index in [9.17, 15) is 9.18 Å². The number of amides is 1. The van der Waals surface area contributed by atoms with E-state index < -0.39 is 0 Å². The number of carbonyl (C=O) groups excluding carboxylic acids is 1. The van der Waals surface area contributed by atoms with Crippen molar-refractivity contribution in [3.8, 4) is 5.75 Å². The van der Waals surface area contributed by atoms with E-state index in [4.69, 9.17) is 4.74 Å². The van der Waals surface area contributed by atoms with E-state index in [0.29, 0.717) is 18.2 Å². The van der Waals surface area contributed by atoms with Gasteiger partial charge in [-0.15, -0.1) is 0 Å². The topological polar surface area (TPSA) is 32.8 Å². The smallest absolute Gasteiger partial charge is 0.251 e. The lowest BCUT2D eigenvalue weighted by Crippen LogP contribution is -2.56. The molecular weight excluding hydrogens is 391 g/mol. The summed E-state index contributed by atoms with van der Waals surface area (Å²) >= 11 is 0. The summed E-state index contributed by atoms with van der Waals surface area (Å²) in [6, 6.07) is 14.9. The van der Waals surface area contributed by atoms with Crippen LogP contribution in [-0.4, -0.2) is 35.5 Å². The molecule has 0 saturated carbocycles. The highest BCUT2D eigenvalue weighted by Crippen LogP contribution is 2.41. The van der Waals surface area contributed by atoms with Crippen molar-refractivity contribution >= 4 is 11.6 Å². The number of hydrogen-bond donors (Lipinski definition) is 0. The predicted molar refractivity (Wildman–Crippen MR) is 122 cm³/mol. The van der Waals surface area contributed by atoms with Crippen LogP contribution in [0.15, 0.2) is 60.7 Å². The summed E-state index contributed by atoms with van der Waals surface area (Å²) < 4.78 is 19.7. The first-order valence-electron chi connectivity index (χ1n) is 11.1. The quantitative estimate of drug-likeness (QED) is 0.643. The van der Waals surface area contributed by atoms with Gasteiger partial charge >= 0.3 is 0 Å². The Balaban J connectivity index is 1.46. The van der Waals surface area contributed by atoms with Gasteiger partial charge in [0.25, 0.3) is 5.91 Å². The molecule has 2 aromatic rings. The van der Waals surface area contributed by atoms with E-state index in [1.807, 2.05) is 24.3 Å². The van der Waals surface area contributed by atoms with Crippen LogP contribution in [0.25, 0.3) is 0 Å². The minimum absolute atomic E-state index is 0.0683. The fraction of sp³-hybridized carbons (Fsp3) is 0.423. The summed E-state index contributed by atoms with van der Waals surface area (Å²) in [5, 5.41) is 0. The van der Waals surface area contributed by atoms with Crippen molar-refractivity contribution in [2.45, 2.75) is 51.7 Å². The van der Waals surface area contributed by atoms with Crippen LogP contribution in [0.5, 0.6) is 5.75 Å². The molecule has 1 fully saturated rings. The molecule has 164 valence electrons. The van der Waals surface area contributed by atoms with Gasteiger partial charge in [-0.1, -0.05) is 38.1 Å². The van der Waals surface area contributed by atoms with Gasteiger partial charge in [-0.2, -0.15) is 0 Å². The largest absolute Gasteiger partial charge is 0.493 e. The number of anilines is 1. The van der Waals surface area contributed by atoms with Gasteiger partial charge in [0.1, 0.15) is 11.6 Å². The normalized spacial score (nSPS) is 23.8. The van der Waals surface area contributed by atoms with E-state index in [1.165, 1.54) is 17.7 Å². The van der Waals surface area contributed by atoms with Crippen LogP contribution < -0.4 is 9.64 Å². The first-order valence-corrected chi connectivity index (χ1v) is 11.1. The highest BCUT2D eigenvalue weighted by Gasteiger charge is 2.46. The summed E-state index contributed by atoms with van der Waals surface area (Å²) in [6.45, 7) is 8.91. The van der Waals surface area contributed by atoms with Gasteiger partial charge in [0, 0.05) is 30.9 Å². The zero-order valence-corrected chi connectivity index (χ0v) is 18.6. The van der Waals surface area contributed by atoms with Gasteiger partial charge in [0.2, 0.25) is 0 Å². The van der Waals surface area contributed by atoms with Crippen LogP contribution in [0.4, 0.5) is 10.1 Å². The Hall–Kier alpha value is -2.66. The highest BCUT2D eigenvalue weighted by molar-refractivity contribution is 6.06. The van der Waals surface area contributed by atoms with Crippen molar-refractivity contribution in [2.75, 3.05) is 18.1 Å². The molecule has 1 spiro atoms. The maximum atomic E-state index is 13.8. The number of piperidine rings is 1. The third-order valence-electron chi connectivity index (χ3n) is 6.24. The number of benzene rings is 2. The fourth-order valence-electron chi connectivity index (χ4n) is 4.72. The number of likely N-dealkylation sites (tertiary alicyclic amines) is 1. The molecule has 2 aliphatic heterocycles. The van der Waals surface area contributed by atoms with Crippen LogP contribution in [0, 0.1) is 11.7 Å². The SMILES string of the molecule is CC(C)COc1cccc(CN2CC[C@@]3(C=CC(=O)N3c3cccc(F)c3)C[C@H]2C)c1. The number of nitrogens with zero attached hydrogens (tertiary/aromatic N) is 2. The summed E-state index contributed by atoms with van der Waals surface area (Å²) in [6.07, 6.45) is 5.30. The average Bonchev–Trinajstić information content (AvgIpc) is 3.04. The van der Waals surface area contributed by atoms with E-state index >= 15 is 0 Å². The molecule has 2 aliphatic rings. The third kappa shape index (κ3) is 4.67. The van der Waals surface area contributed by atoms with Gasteiger partial charge in [-0.25, -0.2) is 4.39 Å². The lowest BCUT2D eigenvalue weighted by molar-refractivity contribution is -0.114. The number of carbonyl (C=O) groups is 1. The Kier molecular flexibility index (Phi) is 6.15. The monoisotopic (exact) mass is 422 g/mol. The number of rotatable bonds is 6. The first-order chi connectivity index (χ1) is 14.9. The first kappa shape index (κ1) is 21.6. The molecule has 4 nitrogen and oxygen atoms in total. The summed E-state index contributed by atoms with van der Waals surface area (Å²) in [7, 11) is 0. The van der Waals surface area contributed by atoms with Gasteiger partial charge in [0.05, 0.1) is 12.1 Å². The van der Waals surface area contributed by atoms with E-state index in [0.717, 1.165) is 31.7 Å². The maximum absolute atomic E-state index is 13.8. The van der Waals surface area contributed by atoms with Crippen LogP contribution in [0.1, 0.15) is 39.2 Å². The minimum atomic E-state index is -0.386. The summed E-state index contributed by atoms with van der Waals surface area (Å²) in [5.41, 5.74) is 1.47. The lowest BCUT2D eigenvalue weighted by Gasteiger charge is -2.47. The van der Waals surface area contributed by atoms with Crippen molar-refractivity contribution in [2.24, 2.45) is 5.92 Å². The van der Waals surface area contributed by atoms with E-state index in [1.54, 1.807) is 17.0 Å². The Labute approximate surface area is 184 Å². The van der Waals surface area contributed by atoms with E-state index in [-0.39, 0.29) is 23.3 Å². The Morgan fingerprint density at radius 3 is 2.74 bits per heavy atom. The molecular formula is C26H31FN2O2. The van der Waals surface area contributed by atoms with Gasteiger partial charge in [0.15, 0.2) is 0 Å². The zero-order valence-electron chi connectivity index (χ0n) is 18.6. The van der Waals surface area contributed by atoms with E-state index in [2.05, 4.69) is 37.8 Å². The second-order valence-corrected chi connectivity index (χ2v) is 9.22. The molecule has 2 atom stereocenters. The number of ether oxygens (including phenoxy) is 1. The van der Waals surface area contributed by atoms with Gasteiger partial charge in [-0.05, 0) is 61.6 Å². The molecule has 31 heavy (non-hydrogen) atoms. The molecule has 0 aromatic heterocycles. The van der Waals surface area contributed by atoms with Crippen LogP contribution in [0.2, 0.25) is 0 Å². The standard InChI is InChI=1S/C26H31FN2O2/c1-19(2)18-31-24-9-4-6-21(14-24)17-28-13-12-26(16-20(28)3)11-10-25(30)29(26)23-8-5-7-22(27)15-23/h4-11,14-15,19-20H,12-13,16-18H2,1-3H3/t20-,26+/m1/s1. The molecule has 0 bridgehead atoms. The molecule has 0 radical (unpaired) electrons. The van der Waals surface area contributed by atoms with Crippen LogP contribution >= 0.6 is 0 Å². The lowest BCUT2D eigenvalue weighted by atomic mass is 9.82. The van der Waals surface area contributed by atoms with Crippen molar-refractivity contribution in [1.82, 2.24) is 4.90 Å². The average molecular weight is 423 g/mol. The molecule has 5 heteroatoms. The van der Waals surface area contributed by atoms with Crippen molar-refractivity contribution in [3.05, 3.63) is 72.1 Å². The maximum Gasteiger partial charge on any atom is 0.251 e. The Bertz CT molecular complexity index is 973. The number of hydrogen-bond acceptors (Lipinski definition) is 3. The molecule has 0 aliphatic carbocycles. The molecule has 0 N–H and O–H groups in total. The fourth-order valence-corrected chi connectivity index (χ4v) is 4.72.